The number of carbonyl (C=O) groups excluding carboxylic acids is 1. The van der Waals surface area contributed by atoms with E-state index in [9.17, 15) is 19.4 Å². The van der Waals surface area contributed by atoms with Gasteiger partial charge >= 0.3 is 7.82 Å². The largest absolute Gasteiger partial charge is 0.472 e. The van der Waals surface area contributed by atoms with E-state index < -0.39 is 20.0 Å². The molecular formula is C34H72N2O6P+. The van der Waals surface area contributed by atoms with Crippen LogP contribution in [-0.2, 0) is 18.4 Å². The molecule has 0 aliphatic heterocycles. The van der Waals surface area contributed by atoms with Gasteiger partial charge in [-0.15, -0.1) is 0 Å². The summed E-state index contributed by atoms with van der Waals surface area (Å²) in [5.41, 5.74) is 0. The lowest BCUT2D eigenvalue weighted by molar-refractivity contribution is -0.870. The number of aliphatic hydroxyl groups is 1. The number of likely N-dealkylation sites (N-methyl/N-ethyl adjacent to an activating group) is 1. The minimum atomic E-state index is -4.27. The number of nitrogens with one attached hydrogen (secondary N) is 1. The predicted molar refractivity (Wildman–Crippen MR) is 180 cm³/mol. The van der Waals surface area contributed by atoms with Gasteiger partial charge in [0.15, 0.2) is 0 Å². The number of hydrogen-bond acceptors (Lipinski definition) is 5. The molecule has 3 N–H and O–H groups in total. The molecular weight excluding hydrogens is 563 g/mol. The van der Waals surface area contributed by atoms with Crippen LogP contribution in [0.15, 0.2) is 0 Å². The normalized spacial score (nSPS) is 14.9. The predicted octanol–water partition coefficient (Wildman–Crippen LogP) is 8.68. The van der Waals surface area contributed by atoms with Crippen molar-refractivity contribution in [2.75, 3.05) is 40.9 Å². The van der Waals surface area contributed by atoms with Crippen LogP contribution in [0.5, 0.6) is 0 Å². The highest BCUT2D eigenvalue weighted by molar-refractivity contribution is 7.47. The average molecular weight is 636 g/mol. The van der Waals surface area contributed by atoms with Crippen molar-refractivity contribution in [3.8, 4) is 0 Å². The fourth-order valence-electron chi connectivity index (χ4n) is 5.19. The van der Waals surface area contributed by atoms with E-state index in [-0.39, 0.29) is 25.5 Å². The molecule has 0 aromatic heterocycles. The zero-order valence-corrected chi connectivity index (χ0v) is 29.9. The van der Waals surface area contributed by atoms with Crippen molar-refractivity contribution >= 4 is 13.7 Å². The highest BCUT2D eigenvalue weighted by Crippen LogP contribution is 2.43. The summed E-state index contributed by atoms with van der Waals surface area (Å²) in [6.07, 6.45) is 27.8. The molecule has 9 heteroatoms. The lowest BCUT2D eigenvalue weighted by Gasteiger charge is -2.26. The molecule has 0 aliphatic rings. The smallest absolute Gasteiger partial charge is 0.391 e. The van der Waals surface area contributed by atoms with Gasteiger partial charge in [-0.3, -0.25) is 13.8 Å². The van der Waals surface area contributed by atoms with E-state index in [0.29, 0.717) is 17.4 Å². The zero-order chi connectivity index (χ0) is 32.2. The number of unbranched alkanes of at least 4 members (excludes halogenated alkanes) is 20. The fraction of sp³-hybridized carbons (Fsp3) is 0.971. The SMILES string of the molecule is CCCCCCCCCCCCCCCCCCCCCCCC(O)C(COP(=O)(O)OCC[N+](C)(C)C)NC(=O)CC. The summed E-state index contributed by atoms with van der Waals surface area (Å²) in [6, 6.07) is -0.750. The first-order chi connectivity index (χ1) is 20.5. The van der Waals surface area contributed by atoms with Crippen LogP contribution in [0.25, 0.3) is 0 Å². The van der Waals surface area contributed by atoms with E-state index in [1.807, 2.05) is 21.1 Å². The van der Waals surface area contributed by atoms with Crippen LogP contribution in [0.2, 0.25) is 0 Å². The second-order valence-corrected chi connectivity index (χ2v) is 15.0. The number of amides is 1. The van der Waals surface area contributed by atoms with Crippen molar-refractivity contribution in [2.24, 2.45) is 0 Å². The minimum Gasteiger partial charge on any atom is -0.391 e. The Hall–Kier alpha value is -0.500. The van der Waals surface area contributed by atoms with Crippen molar-refractivity contribution in [1.82, 2.24) is 5.32 Å². The monoisotopic (exact) mass is 636 g/mol. The number of rotatable bonds is 32. The van der Waals surface area contributed by atoms with E-state index in [0.717, 1.165) is 19.3 Å². The summed E-state index contributed by atoms with van der Waals surface area (Å²) < 4.78 is 23.0. The maximum absolute atomic E-state index is 12.2. The maximum Gasteiger partial charge on any atom is 0.472 e. The van der Waals surface area contributed by atoms with Crippen molar-refractivity contribution in [3.63, 3.8) is 0 Å². The molecule has 0 spiro atoms. The van der Waals surface area contributed by atoms with E-state index in [1.165, 1.54) is 116 Å². The average Bonchev–Trinajstić information content (AvgIpc) is 2.94. The van der Waals surface area contributed by atoms with E-state index >= 15 is 0 Å². The molecule has 0 radical (unpaired) electrons. The molecule has 0 aromatic carbocycles. The number of hydrogen-bond donors (Lipinski definition) is 3. The van der Waals surface area contributed by atoms with Gasteiger partial charge in [0, 0.05) is 6.42 Å². The van der Waals surface area contributed by atoms with E-state index in [4.69, 9.17) is 9.05 Å². The molecule has 3 unspecified atom stereocenters. The van der Waals surface area contributed by atoms with Crippen molar-refractivity contribution < 1.29 is 32.9 Å². The summed E-state index contributed by atoms with van der Waals surface area (Å²) in [7, 11) is 1.61. The van der Waals surface area contributed by atoms with Crippen LogP contribution >= 0.6 is 7.82 Å². The standard InChI is InChI=1S/C34H71N2O6P/c1-6-8-9-10-11-12-13-14-15-16-17-18-19-20-21-22-23-24-25-26-27-28-33(37)32(35-34(38)7-2)31-42-43(39,40)41-30-29-36(3,4)5/h32-33,37H,6-31H2,1-5H3,(H-,35,38,39,40)/p+1. The molecule has 1 amide bonds. The summed E-state index contributed by atoms with van der Waals surface area (Å²) in [5.74, 6) is -0.231. The van der Waals surface area contributed by atoms with E-state index in [2.05, 4.69) is 12.2 Å². The van der Waals surface area contributed by atoms with Crippen LogP contribution in [0, 0.1) is 0 Å². The van der Waals surface area contributed by atoms with Crippen molar-refractivity contribution in [2.45, 2.75) is 174 Å². The molecule has 0 bridgehead atoms. The Labute approximate surface area is 266 Å². The highest BCUT2D eigenvalue weighted by atomic mass is 31.2. The number of nitrogens with zero attached hydrogens (tertiary/aromatic N) is 1. The van der Waals surface area contributed by atoms with Crippen molar-refractivity contribution in [1.29, 1.82) is 0 Å². The fourth-order valence-corrected chi connectivity index (χ4v) is 5.92. The van der Waals surface area contributed by atoms with Gasteiger partial charge in [-0.2, -0.15) is 0 Å². The number of quaternary nitrogens is 1. The summed E-state index contributed by atoms with van der Waals surface area (Å²) in [4.78, 5) is 22.0. The number of phosphoric ester groups is 1. The summed E-state index contributed by atoms with van der Waals surface area (Å²) >= 11 is 0. The van der Waals surface area contributed by atoms with Crippen LogP contribution in [0.3, 0.4) is 0 Å². The van der Waals surface area contributed by atoms with Gasteiger partial charge in [-0.25, -0.2) is 4.57 Å². The Morgan fingerprint density at radius 2 is 1.09 bits per heavy atom. The van der Waals surface area contributed by atoms with Gasteiger partial charge in [-0.05, 0) is 6.42 Å². The third-order valence-electron chi connectivity index (χ3n) is 8.17. The molecule has 0 aliphatic carbocycles. The first kappa shape index (κ1) is 42.5. The number of carbonyl (C=O) groups is 1. The first-order valence-electron chi connectivity index (χ1n) is 17.9. The molecule has 43 heavy (non-hydrogen) atoms. The van der Waals surface area contributed by atoms with E-state index in [1.54, 1.807) is 6.92 Å². The quantitative estimate of drug-likeness (QED) is 0.0388. The molecule has 0 heterocycles. The number of aliphatic hydroxyl groups excluding tert-OH is 1. The molecule has 3 atom stereocenters. The Balaban J connectivity index is 3.82. The maximum atomic E-state index is 12.2. The van der Waals surface area contributed by atoms with Crippen LogP contribution < -0.4 is 5.32 Å². The molecule has 0 aromatic rings. The Kier molecular flexibility index (Phi) is 27.5. The molecule has 0 saturated carbocycles. The van der Waals surface area contributed by atoms with Crippen LogP contribution in [-0.4, -0.2) is 73.4 Å². The minimum absolute atomic E-state index is 0.0747. The second-order valence-electron chi connectivity index (χ2n) is 13.6. The molecule has 8 nitrogen and oxygen atoms in total. The van der Waals surface area contributed by atoms with Gasteiger partial charge in [0.05, 0.1) is 39.9 Å². The van der Waals surface area contributed by atoms with Gasteiger partial charge < -0.3 is 19.8 Å². The Bertz CT molecular complexity index is 688. The second kappa shape index (κ2) is 27.8. The highest BCUT2D eigenvalue weighted by Gasteiger charge is 2.28. The van der Waals surface area contributed by atoms with Gasteiger partial charge in [0.2, 0.25) is 5.91 Å². The number of phosphoric acid groups is 1. The zero-order valence-electron chi connectivity index (χ0n) is 29.0. The molecule has 0 saturated heterocycles. The summed E-state index contributed by atoms with van der Waals surface area (Å²) in [6.45, 7) is 4.36. The Morgan fingerprint density at radius 1 is 0.698 bits per heavy atom. The van der Waals surface area contributed by atoms with Crippen molar-refractivity contribution in [3.05, 3.63) is 0 Å². The molecule has 0 fully saturated rings. The third kappa shape index (κ3) is 29.9. The van der Waals surface area contributed by atoms with Gasteiger partial charge in [-0.1, -0.05) is 149 Å². The molecule has 258 valence electrons. The third-order valence-corrected chi connectivity index (χ3v) is 9.15. The lowest BCUT2D eigenvalue weighted by atomic mass is 10.0. The van der Waals surface area contributed by atoms with Crippen LogP contribution in [0.1, 0.15) is 162 Å². The van der Waals surface area contributed by atoms with Gasteiger partial charge in [0.25, 0.3) is 0 Å². The summed E-state index contributed by atoms with van der Waals surface area (Å²) in [5, 5.41) is 13.4. The molecule has 0 rings (SSSR count). The Morgan fingerprint density at radius 3 is 1.47 bits per heavy atom. The first-order valence-corrected chi connectivity index (χ1v) is 19.4. The lowest BCUT2D eigenvalue weighted by Crippen LogP contribution is -2.46. The topological polar surface area (TPSA) is 105 Å². The van der Waals surface area contributed by atoms with Crippen LogP contribution in [0.4, 0.5) is 0 Å². The van der Waals surface area contributed by atoms with Gasteiger partial charge in [0.1, 0.15) is 13.2 Å².